The van der Waals surface area contributed by atoms with Crippen LogP contribution < -0.4 is 5.32 Å². The van der Waals surface area contributed by atoms with Gasteiger partial charge in [0, 0.05) is 29.1 Å². The maximum absolute atomic E-state index is 14.4. The Morgan fingerprint density at radius 1 is 0.857 bits per heavy atom. The van der Waals surface area contributed by atoms with Gasteiger partial charge in [-0.05, 0) is 54.4 Å². The first-order chi connectivity index (χ1) is 16.8. The summed E-state index contributed by atoms with van der Waals surface area (Å²) in [6.07, 6.45) is 3.24. The quantitative estimate of drug-likeness (QED) is 0.291. The summed E-state index contributed by atoms with van der Waals surface area (Å²) in [5.41, 5.74) is 3.19. The number of nitrogens with one attached hydrogen (secondary N) is 1. The number of hydrogen-bond acceptors (Lipinski definition) is 2. The predicted molar refractivity (Wildman–Crippen MR) is 125 cm³/mol. The molecule has 174 valence electrons. The van der Waals surface area contributed by atoms with Crippen LogP contribution in [0.5, 0.6) is 0 Å². The third-order valence-corrected chi connectivity index (χ3v) is 5.73. The molecule has 1 N–H and O–H groups in total. The van der Waals surface area contributed by atoms with Gasteiger partial charge in [0.2, 0.25) is 0 Å². The van der Waals surface area contributed by atoms with E-state index in [1.165, 1.54) is 18.2 Å². The zero-order chi connectivity index (χ0) is 24.7. The molecule has 5 aromatic rings. The molecule has 0 bridgehead atoms. The fraction of sp³-hybridized carbons (Fsp3) is 0.0370. The highest BCUT2D eigenvalue weighted by atomic mass is 19.2. The van der Waals surface area contributed by atoms with E-state index in [1.54, 1.807) is 41.9 Å². The Morgan fingerprint density at radius 3 is 2.46 bits per heavy atom. The number of aromatic nitrogens is 2. The highest BCUT2D eigenvalue weighted by Crippen LogP contribution is 2.31. The SMILES string of the molecule is Cc1ccc(-c2cccn3c(-c4cccc(F)c4F)ncc23)cc1C(=O)Nc1ccc(F)c(F)c1. The fourth-order valence-electron chi connectivity index (χ4n) is 3.95. The van der Waals surface area contributed by atoms with Crippen LogP contribution in [-0.2, 0) is 0 Å². The van der Waals surface area contributed by atoms with Crippen LogP contribution in [0.25, 0.3) is 28.0 Å². The number of carbonyl (C=O) groups excluding carboxylic acids is 1. The number of fused-ring (bicyclic) bond motifs is 1. The number of benzene rings is 3. The van der Waals surface area contributed by atoms with Gasteiger partial charge < -0.3 is 5.32 Å². The Bertz CT molecular complexity index is 1610. The Balaban J connectivity index is 1.55. The summed E-state index contributed by atoms with van der Waals surface area (Å²) in [6, 6.07) is 15.9. The molecule has 0 unspecified atom stereocenters. The first-order valence-corrected chi connectivity index (χ1v) is 10.6. The van der Waals surface area contributed by atoms with Crippen LogP contribution in [0.1, 0.15) is 15.9 Å². The average Bonchev–Trinajstić information content (AvgIpc) is 3.27. The molecule has 0 spiro atoms. The molecule has 2 heterocycles. The number of anilines is 1. The number of pyridine rings is 1. The second-order valence-corrected chi connectivity index (χ2v) is 7.97. The van der Waals surface area contributed by atoms with Gasteiger partial charge in [-0.3, -0.25) is 9.20 Å². The van der Waals surface area contributed by atoms with E-state index in [-0.39, 0.29) is 17.1 Å². The number of amides is 1. The molecule has 5 rings (SSSR count). The zero-order valence-corrected chi connectivity index (χ0v) is 18.3. The van der Waals surface area contributed by atoms with Crippen molar-refractivity contribution in [3.63, 3.8) is 0 Å². The van der Waals surface area contributed by atoms with Gasteiger partial charge in [-0.2, -0.15) is 0 Å². The molecule has 4 nitrogen and oxygen atoms in total. The average molecular weight is 475 g/mol. The number of hydrogen-bond donors (Lipinski definition) is 1. The molecule has 0 aliphatic heterocycles. The number of halogens is 4. The minimum atomic E-state index is -1.06. The van der Waals surface area contributed by atoms with Crippen molar-refractivity contribution in [1.29, 1.82) is 0 Å². The molecular weight excluding hydrogens is 458 g/mol. The number of nitrogens with zero attached hydrogens (tertiary/aromatic N) is 2. The van der Waals surface area contributed by atoms with Crippen molar-refractivity contribution in [3.8, 4) is 22.5 Å². The van der Waals surface area contributed by atoms with Crippen molar-refractivity contribution in [3.05, 3.63) is 114 Å². The van der Waals surface area contributed by atoms with Crippen LogP contribution >= 0.6 is 0 Å². The standard InChI is InChI=1S/C27H17F4N3O/c1-15-7-8-16(12-20(15)27(35)33-17-9-10-21(28)23(30)13-17)18-5-3-11-34-24(18)14-32-26(34)19-4-2-6-22(29)25(19)31/h2-14H,1H3,(H,33,35). The fourth-order valence-corrected chi connectivity index (χ4v) is 3.95. The minimum Gasteiger partial charge on any atom is -0.322 e. The van der Waals surface area contributed by atoms with Crippen molar-refractivity contribution >= 4 is 17.1 Å². The van der Waals surface area contributed by atoms with E-state index >= 15 is 0 Å². The molecule has 0 saturated heterocycles. The molecule has 0 aliphatic rings. The third-order valence-electron chi connectivity index (χ3n) is 5.73. The van der Waals surface area contributed by atoms with Crippen LogP contribution in [0.4, 0.5) is 23.2 Å². The van der Waals surface area contributed by atoms with Crippen molar-refractivity contribution in [2.24, 2.45) is 0 Å². The van der Waals surface area contributed by atoms with Gasteiger partial charge in [-0.25, -0.2) is 22.5 Å². The second kappa shape index (κ2) is 8.72. The molecule has 3 aromatic carbocycles. The van der Waals surface area contributed by atoms with Crippen molar-refractivity contribution in [1.82, 2.24) is 9.38 Å². The molecule has 0 fully saturated rings. The lowest BCUT2D eigenvalue weighted by atomic mass is 9.99. The van der Waals surface area contributed by atoms with Crippen LogP contribution in [0.15, 0.2) is 79.1 Å². The topological polar surface area (TPSA) is 46.4 Å². The van der Waals surface area contributed by atoms with E-state index in [0.29, 0.717) is 27.8 Å². The van der Waals surface area contributed by atoms with Crippen LogP contribution in [0.3, 0.4) is 0 Å². The van der Waals surface area contributed by atoms with Crippen molar-refractivity contribution in [2.45, 2.75) is 6.92 Å². The molecular formula is C27H17F4N3O. The van der Waals surface area contributed by atoms with Gasteiger partial charge in [-0.1, -0.05) is 24.3 Å². The van der Waals surface area contributed by atoms with E-state index in [4.69, 9.17) is 0 Å². The van der Waals surface area contributed by atoms with Crippen molar-refractivity contribution < 1.29 is 22.4 Å². The van der Waals surface area contributed by atoms with E-state index in [0.717, 1.165) is 18.2 Å². The maximum atomic E-state index is 14.4. The van der Waals surface area contributed by atoms with Gasteiger partial charge in [0.1, 0.15) is 5.82 Å². The first kappa shape index (κ1) is 22.3. The predicted octanol–water partition coefficient (Wildman–Crippen LogP) is 6.79. The Kier molecular flexibility index (Phi) is 5.56. The summed E-state index contributed by atoms with van der Waals surface area (Å²) in [5, 5.41) is 2.58. The summed E-state index contributed by atoms with van der Waals surface area (Å²) in [7, 11) is 0. The molecule has 0 saturated carbocycles. The molecule has 35 heavy (non-hydrogen) atoms. The lowest BCUT2D eigenvalue weighted by Gasteiger charge is -2.12. The molecule has 0 aliphatic carbocycles. The van der Waals surface area contributed by atoms with Crippen LogP contribution in [0, 0.1) is 30.2 Å². The maximum Gasteiger partial charge on any atom is 0.255 e. The lowest BCUT2D eigenvalue weighted by Crippen LogP contribution is -2.13. The summed E-state index contributed by atoms with van der Waals surface area (Å²) in [4.78, 5) is 17.2. The van der Waals surface area contributed by atoms with E-state index in [9.17, 15) is 22.4 Å². The Hall–Kier alpha value is -4.46. The number of imidazole rings is 1. The number of aryl methyl sites for hydroxylation is 1. The summed E-state index contributed by atoms with van der Waals surface area (Å²) >= 11 is 0. The normalized spacial score (nSPS) is 11.1. The van der Waals surface area contributed by atoms with Crippen molar-refractivity contribution in [2.75, 3.05) is 5.32 Å². The second-order valence-electron chi connectivity index (χ2n) is 7.97. The van der Waals surface area contributed by atoms with Gasteiger partial charge in [0.25, 0.3) is 5.91 Å². The molecule has 0 atom stereocenters. The largest absolute Gasteiger partial charge is 0.322 e. The monoisotopic (exact) mass is 475 g/mol. The number of carbonyl (C=O) groups is 1. The molecule has 1 amide bonds. The van der Waals surface area contributed by atoms with Gasteiger partial charge in [0.05, 0.1) is 17.3 Å². The summed E-state index contributed by atoms with van der Waals surface area (Å²) < 4.78 is 56.6. The number of rotatable bonds is 4. The smallest absolute Gasteiger partial charge is 0.255 e. The lowest BCUT2D eigenvalue weighted by molar-refractivity contribution is 0.102. The third kappa shape index (κ3) is 4.03. The van der Waals surface area contributed by atoms with Crippen LogP contribution in [-0.4, -0.2) is 15.3 Å². The van der Waals surface area contributed by atoms with E-state index in [1.807, 2.05) is 12.1 Å². The zero-order valence-electron chi connectivity index (χ0n) is 18.3. The summed E-state index contributed by atoms with van der Waals surface area (Å²) in [5.74, 6) is -4.28. The summed E-state index contributed by atoms with van der Waals surface area (Å²) in [6.45, 7) is 1.76. The molecule has 2 aromatic heterocycles. The Labute approximate surface area is 197 Å². The Morgan fingerprint density at radius 2 is 1.66 bits per heavy atom. The highest BCUT2D eigenvalue weighted by molar-refractivity contribution is 6.06. The first-order valence-electron chi connectivity index (χ1n) is 10.6. The van der Waals surface area contributed by atoms with Gasteiger partial charge >= 0.3 is 0 Å². The molecule has 8 heteroatoms. The minimum absolute atomic E-state index is 0.0256. The van der Waals surface area contributed by atoms with E-state index in [2.05, 4.69) is 10.3 Å². The van der Waals surface area contributed by atoms with Gasteiger partial charge in [0.15, 0.2) is 23.3 Å². The highest BCUT2D eigenvalue weighted by Gasteiger charge is 2.17. The van der Waals surface area contributed by atoms with Gasteiger partial charge in [-0.15, -0.1) is 0 Å². The molecule has 0 radical (unpaired) electrons. The van der Waals surface area contributed by atoms with Crippen LogP contribution in [0.2, 0.25) is 0 Å². The van der Waals surface area contributed by atoms with E-state index < -0.39 is 29.2 Å².